The first kappa shape index (κ1) is 13.5. The van der Waals surface area contributed by atoms with E-state index in [-0.39, 0.29) is 5.41 Å². The molecule has 0 amide bonds. The van der Waals surface area contributed by atoms with Crippen LogP contribution >= 0.6 is 27.3 Å². The molecular weight excluding hydrogens is 312 g/mol. The number of aromatic nitrogens is 2. The maximum atomic E-state index is 5.47. The minimum atomic E-state index is -0.0439. The largest absolute Gasteiger partial charge is 0.308 e. The van der Waals surface area contributed by atoms with E-state index in [0.29, 0.717) is 11.6 Å². The summed E-state index contributed by atoms with van der Waals surface area (Å²) in [5.74, 6) is 6.80. The van der Waals surface area contributed by atoms with Gasteiger partial charge in [0.05, 0.1) is 10.6 Å². The number of anilines is 1. The smallest absolute Gasteiger partial charge is 0.171 e. The lowest BCUT2D eigenvalue weighted by atomic mass is 9.92. The van der Waals surface area contributed by atoms with Crippen LogP contribution in [0, 0.1) is 0 Å². The second-order valence-corrected chi connectivity index (χ2v) is 6.81. The summed E-state index contributed by atoms with van der Waals surface area (Å²) >= 11 is 5.04. The lowest BCUT2D eigenvalue weighted by Crippen LogP contribution is -2.17. The Balaban J connectivity index is 2.54. The van der Waals surface area contributed by atoms with Crippen molar-refractivity contribution in [3.63, 3.8) is 0 Å². The van der Waals surface area contributed by atoms with Crippen molar-refractivity contribution < 1.29 is 0 Å². The molecule has 2 rings (SSSR count). The molecule has 0 aliphatic rings. The highest BCUT2D eigenvalue weighted by Crippen LogP contribution is 2.30. The molecule has 0 unspecified atom stereocenters. The molecule has 6 heteroatoms. The standard InChI is InChI=1S/C12H15BrN4S/c1-12(2,3)9-5-10(17-14)16-11(15-9)8-4-7(13)6-18-8/h4-6H,14H2,1-3H3,(H,15,16,17). The predicted molar refractivity (Wildman–Crippen MR) is 79.6 cm³/mol. The molecule has 3 N–H and O–H groups in total. The number of rotatable bonds is 2. The highest BCUT2D eigenvalue weighted by Gasteiger charge is 2.18. The van der Waals surface area contributed by atoms with Crippen molar-refractivity contribution >= 4 is 33.1 Å². The Bertz CT molecular complexity index is 559. The van der Waals surface area contributed by atoms with E-state index in [1.165, 1.54) is 0 Å². The van der Waals surface area contributed by atoms with E-state index < -0.39 is 0 Å². The molecule has 96 valence electrons. The van der Waals surface area contributed by atoms with Gasteiger partial charge in [0, 0.05) is 21.3 Å². The number of halogens is 1. The first-order valence-electron chi connectivity index (χ1n) is 5.51. The summed E-state index contributed by atoms with van der Waals surface area (Å²) in [5.41, 5.74) is 3.52. The normalized spacial score (nSPS) is 11.6. The van der Waals surface area contributed by atoms with Crippen LogP contribution in [0.3, 0.4) is 0 Å². The molecule has 2 aromatic heterocycles. The molecule has 4 nitrogen and oxygen atoms in total. The van der Waals surface area contributed by atoms with Gasteiger partial charge in [0.25, 0.3) is 0 Å². The lowest BCUT2D eigenvalue weighted by molar-refractivity contribution is 0.568. The van der Waals surface area contributed by atoms with Crippen LogP contribution in [0.25, 0.3) is 10.7 Å². The van der Waals surface area contributed by atoms with Gasteiger partial charge in [-0.15, -0.1) is 11.3 Å². The average Bonchev–Trinajstić information content (AvgIpc) is 2.74. The molecule has 0 saturated carbocycles. The summed E-state index contributed by atoms with van der Waals surface area (Å²) in [5, 5.41) is 2.01. The third-order valence-corrected chi connectivity index (χ3v) is 4.12. The Morgan fingerprint density at radius 2 is 2.00 bits per heavy atom. The number of nitrogens with one attached hydrogen (secondary N) is 1. The number of nitrogens with zero attached hydrogens (tertiary/aromatic N) is 2. The molecule has 0 radical (unpaired) electrons. The molecule has 0 aliphatic heterocycles. The van der Waals surface area contributed by atoms with E-state index in [2.05, 4.69) is 52.1 Å². The summed E-state index contributed by atoms with van der Waals surface area (Å²) in [6.07, 6.45) is 0. The number of nitrogen functional groups attached to an aromatic ring is 1. The highest BCUT2D eigenvalue weighted by molar-refractivity contribution is 9.10. The molecule has 0 atom stereocenters. The van der Waals surface area contributed by atoms with E-state index in [4.69, 9.17) is 5.84 Å². The fraction of sp³-hybridized carbons (Fsp3) is 0.333. The van der Waals surface area contributed by atoms with Crippen LogP contribution in [0.15, 0.2) is 22.0 Å². The first-order chi connectivity index (χ1) is 8.40. The molecule has 0 fully saturated rings. The van der Waals surface area contributed by atoms with E-state index in [1.54, 1.807) is 11.3 Å². The second kappa shape index (κ2) is 4.95. The summed E-state index contributed by atoms with van der Waals surface area (Å²) in [7, 11) is 0. The zero-order chi connectivity index (χ0) is 13.3. The Morgan fingerprint density at radius 3 is 2.50 bits per heavy atom. The summed E-state index contributed by atoms with van der Waals surface area (Å²) in [6.45, 7) is 6.34. The van der Waals surface area contributed by atoms with Crippen LogP contribution in [0.5, 0.6) is 0 Å². The van der Waals surface area contributed by atoms with Crippen molar-refractivity contribution in [2.75, 3.05) is 5.43 Å². The van der Waals surface area contributed by atoms with Crippen LogP contribution in [0.2, 0.25) is 0 Å². The zero-order valence-corrected chi connectivity index (χ0v) is 12.9. The van der Waals surface area contributed by atoms with Gasteiger partial charge in [-0.1, -0.05) is 20.8 Å². The predicted octanol–water partition coefficient (Wildman–Crippen LogP) is 3.55. The molecule has 0 spiro atoms. The number of thiophene rings is 1. The van der Waals surface area contributed by atoms with Crippen molar-refractivity contribution in [1.82, 2.24) is 9.97 Å². The van der Waals surface area contributed by atoms with Crippen LogP contribution in [0.1, 0.15) is 26.5 Å². The van der Waals surface area contributed by atoms with E-state index in [1.807, 2.05) is 17.5 Å². The molecule has 2 aromatic rings. The minimum Gasteiger partial charge on any atom is -0.308 e. The third-order valence-electron chi connectivity index (χ3n) is 2.43. The average molecular weight is 327 g/mol. The van der Waals surface area contributed by atoms with Gasteiger partial charge < -0.3 is 5.43 Å². The summed E-state index contributed by atoms with van der Waals surface area (Å²) < 4.78 is 1.04. The van der Waals surface area contributed by atoms with Gasteiger partial charge in [-0.05, 0) is 22.0 Å². The van der Waals surface area contributed by atoms with Gasteiger partial charge >= 0.3 is 0 Å². The Labute approximate surface area is 119 Å². The fourth-order valence-corrected chi connectivity index (χ4v) is 2.81. The van der Waals surface area contributed by atoms with Crippen molar-refractivity contribution in [3.05, 3.63) is 27.7 Å². The number of hydrazine groups is 1. The van der Waals surface area contributed by atoms with Gasteiger partial charge in [0.1, 0.15) is 5.82 Å². The topological polar surface area (TPSA) is 63.8 Å². The van der Waals surface area contributed by atoms with Crippen LogP contribution < -0.4 is 11.3 Å². The Hall–Kier alpha value is -0.980. The summed E-state index contributed by atoms with van der Waals surface area (Å²) in [4.78, 5) is 10.0. The first-order valence-corrected chi connectivity index (χ1v) is 7.18. The number of hydrogen-bond donors (Lipinski definition) is 2. The number of nitrogens with two attached hydrogens (primary N) is 1. The fourth-order valence-electron chi connectivity index (χ4n) is 1.45. The maximum absolute atomic E-state index is 5.47. The molecular formula is C12H15BrN4S. The van der Waals surface area contributed by atoms with Crippen molar-refractivity contribution in [2.45, 2.75) is 26.2 Å². The molecule has 2 heterocycles. The van der Waals surface area contributed by atoms with Crippen molar-refractivity contribution in [2.24, 2.45) is 5.84 Å². The Kier molecular flexibility index (Phi) is 3.70. The minimum absolute atomic E-state index is 0.0439. The molecule has 0 saturated heterocycles. The van der Waals surface area contributed by atoms with E-state index in [0.717, 1.165) is 15.0 Å². The third kappa shape index (κ3) is 2.88. The highest BCUT2D eigenvalue weighted by atomic mass is 79.9. The molecule has 18 heavy (non-hydrogen) atoms. The van der Waals surface area contributed by atoms with Gasteiger partial charge in [0.15, 0.2) is 5.82 Å². The van der Waals surface area contributed by atoms with Crippen molar-refractivity contribution in [1.29, 1.82) is 0 Å². The second-order valence-electron chi connectivity index (χ2n) is 4.99. The monoisotopic (exact) mass is 326 g/mol. The van der Waals surface area contributed by atoms with Crippen molar-refractivity contribution in [3.8, 4) is 10.7 Å². The quantitative estimate of drug-likeness (QED) is 0.654. The molecule has 0 aromatic carbocycles. The zero-order valence-electron chi connectivity index (χ0n) is 10.5. The van der Waals surface area contributed by atoms with Crippen LogP contribution in [-0.2, 0) is 5.41 Å². The lowest BCUT2D eigenvalue weighted by Gasteiger charge is -2.19. The molecule has 0 aliphatic carbocycles. The molecule has 0 bridgehead atoms. The van der Waals surface area contributed by atoms with E-state index in [9.17, 15) is 0 Å². The van der Waals surface area contributed by atoms with Gasteiger partial charge in [0.2, 0.25) is 0 Å². The van der Waals surface area contributed by atoms with E-state index >= 15 is 0 Å². The van der Waals surface area contributed by atoms with Gasteiger partial charge in [-0.3, -0.25) is 0 Å². The maximum Gasteiger partial charge on any atom is 0.171 e. The van der Waals surface area contributed by atoms with Gasteiger partial charge in [-0.25, -0.2) is 15.8 Å². The van der Waals surface area contributed by atoms with Gasteiger partial charge in [-0.2, -0.15) is 0 Å². The number of hydrogen-bond acceptors (Lipinski definition) is 5. The van der Waals surface area contributed by atoms with Crippen LogP contribution in [-0.4, -0.2) is 9.97 Å². The SMILES string of the molecule is CC(C)(C)c1cc(NN)nc(-c2cc(Br)cs2)n1. The summed E-state index contributed by atoms with van der Waals surface area (Å²) in [6, 6.07) is 3.89. The van der Waals surface area contributed by atoms with Crippen LogP contribution in [0.4, 0.5) is 5.82 Å². The Morgan fingerprint density at radius 1 is 1.28 bits per heavy atom.